The molecular weight excluding hydrogens is 593 g/mol. The van der Waals surface area contributed by atoms with Gasteiger partial charge in [-0.15, -0.1) is 0 Å². The largest absolute Gasteiger partial charge is 0.328 e. The fourth-order valence-electron chi connectivity index (χ4n) is 6.20. The Kier molecular flexibility index (Phi) is 8.00. The van der Waals surface area contributed by atoms with E-state index in [4.69, 9.17) is 9.97 Å². The number of aromatic nitrogens is 4. The molecule has 0 aliphatic carbocycles. The van der Waals surface area contributed by atoms with E-state index in [-0.39, 0.29) is 16.4 Å². The molecule has 0 aliphatic rings. The molecule has 6 heteroatoms. The number of pyridine rings is 2. The van der Waals surface area contributed by atoms with Crippen molar-refractivity contribution in [3.63, 3.8) is 0 Å². The van der Waals surface area contributed by atoms with Crippen LogP contribution in [0.1, 0.15) is 52.7 Å². The summed E-state index contributed by atoms with van der Waals surface area (Å²) in [4.78, 5) is 26.4. The van der Waals surface area contributed by atoms with Gasteiger partial charge in [0.2, 0.25) is 0 Å². The molecule has 0 bridgehead atoms. The number of imidazole rings is 1. The summed E-state index contributed by atoms with van der Waals surface area (Å²) in [5, 5.41) is 1.36. The van der Waals surface area contributed by atoms with Crippen LogP contribution in [0.2, 0.25) is 19.6 Å². The Bertz CT molecular complexity index is 2170. The van der Waals surface area contributed by atoms with Gasteiger partial charge in [-0.25, -0.2) is 4.98 Å². The van der Waals surface area contributed by atoms with Crippen LogP contribution in [0.25, 0.3) is 55.9 Å². The highest BCUT2D eigenvalue weighted by molar-refractivity contribution is 6.89. The first-order valence-corrected chi connectivity index (χ1v) is 19.9. The zero-order valence-corrected chi connectivity index (χ0v) is 30.4. The smallest absolute Gasteiger partial charge is 0.258 e. The molecule has 0 saturated heterocycles. The number of fused-ring (bicyclic) bond motifs is 1. The van der Waals surface area contributed by atoms with E-state index in [0.29, 0.717) is 11.4 Å². The molecule has 0 spiro atoms. The van der Waals surface area contributed by atoms with Gasteiger partial charge in [-0.2, -0.15) is 0 Å². The lowest BCUT2D eigenvalue weighted by Crippen LogP contribution is -2.39. The molecule has 3 aromatic carbocycles. The maximum absolute atomic E-state index is 13.1. The van der Waals surface area contributed by atoms with Crippen molar-refractivity contribution in [1.82, 2.24) is 19.5 Å². The average Bonchev–Trinajstić information content (AvgIpc) is 3.35. The van der Waals surface area contributed by atoms with E-state index in [2.05, 4.69) is 145 Å². The summed E-state index contributed by atoms with van der Waals surface area (Å²) in [5.41, 5.74) is 11.0. The van der Waals surface area contributed by atoms with E-state index in [0.717, 1.165) is 39.0 Å². The number of aromatic amines is 1. The Morgan fingerprint density at radius 1 is 0.702 bits per heavy atom. The number of para-hydroxylation sites is 1. The van der Waals surface area contributed by atoms with E-state index in [1.54, 1.807) is 0 Å². The summed E-state index contributed by atoms with van der Waals surface area (Å²) in [6, 6.07) is 28.1. The third-order valence-electron chi connectivity index (χ3n) is 9.12. The molecule has 0 radical (unpaired) electrons. The zero-order chi connectivity index (χ0) is 33.9. The number of benzene rings is 3. The second kappa shape index (κ2) is 11.6. The number of rotatable bonds is 5. The number of H-pyrrole nitrogens is 1. The molecule has 0 aliphatic heterocycles. The first-order chi connectivity index (χ1) is 22.0. The first kappa shape index (κ1) is 32.4. The van der Waals surface area contributed by atoms with Gasteiger partial charge < -0.3 is 9.55 Å². The number of nitrogens with zero attached hydrogens (tertiary/aromatic N) is 3. The Balaban J connectivity index is 1.57. The Morgan fingerprint density at radius 2 is 1.38 bits per heavy atom. The number of nitrogens with one attached hydrogen (secondary N) is 1. The van der Waals surface area contributed by atoms with Crippen molar-refractivity contribution in [3.8, 4) is 44.9 Å². The highest BCUT2D eigenvalue weighted by atomic mass is 28.3. The molecule has 1 N–H and O–H groups in total. The van der Waals surface area contributed by atoms with E-state index >= 15 is 0 Å². The molecule has 6 rings (SSSR count). The lowest BCUT2D eigenvalue weighted by Gasteiger charge is -2.23. The summed E-state index contributed by atoms with van der Waals surface area (Å²) in [7, 11) is 0.323. The number of hydrogen-bond donors (Lipinski definition) is 1. The van der Waals surface area contributed by atoms with Crippen molar-refractivity contribution in [2.24, 2.45) is 7.05 Å². The monoisotopic (exact) mass is 638 g/mol. The average molecular weight is 639 g/mol. The molecule has 3 heterocycles. The van der Waals surface area contributed by atoms with Crippen LogP contribution >= 0.6 is 0 Å². The van der Waals surface area contributed by atoms with Crippen molar-refractivity contribution < 1.29 is 0 Å². The van der Waals surface area contributed by atoms with Gasteiger partial charge in [0.15, 0.2) is 0 Å². The van der Waals surface area contributed by atoms with Crippen molar-refractivity contribution in [1.29, 1.82) is 0 Å². The topological polar surface area (TPSA) is 63.6 Å². The van der Waals surface area contributed by atoms with Crippen molar-refractivity contribution in [3.05, 3.63) is 113 Å². The van der Waals surface area contributed by atoms with Gasteiger partial charge in [-0.3, -0.25) is 9.78 Å². The molecule has 5 nitrogen and oxygen atoms in total. The molecule has 0 amide bonds. The van der Waals surface area contributed by atoms with Crippen LogP contribution in [-0.4, -0.2) is 27.6 Å². The molecule has 47 heavy (non-hydrogen) atoms. The van der Waals surface area contributed by atoms with Crippen LogP contribution in [0.4, 0.5) is 0 Å². The third-order valence-corrected chi connectivity index (χ3v) is 11.1. The van der Waals surface area contributed by atoms with Crippen LogP contribution in [0.15, 0.2) is 96.1 Å². The molecule has 0 unspecified atom stereocenters. The lowest BCUT2D eigenvalue weighted by atomic mass is 9.83. The summed E-state index contributed by atoms with van der Waals surface area (Å²) in [5.74, 6) is 0.656. The standard InChI is InChI=1S/C41H46N4OSi/c1-40(2,3)29-20-27(19-28(21-29)34-23-32(26-15-12-11-13-16-26)36(25-42-34)47(8,9)10)31-17-14-18-35-37(31)44-38(45(35)7)33-22-30(41(4,5)6)24-43-39(33)46/h11-25H,1-10H3,(H,43,46). The number of aryl methyl sites for hydroxylation is 1. The molecule has 240 valence electrons. The minimum absolute atomic E-state index is 0.0881. The van der Waals surface area contributed by atoms with Gasteiger partial charge in [-0.1, -0.05) is 110 Å². The SMILES string of the molecule is Cn1c(-c2cc(C(C)(C)C)c[nH]c2=O)nc2c(-c3cc(-c4cc(-c5ccccc5)c([Si](C)(C)C)cn4)cc(C(C)(C)C)c3)cccc21. The third kappa shape index (κ3) is 6.27. The van der Waals surface area contributed by atoms with Gasteiger partial charge in [0.25, 0.3) is 5.56 Å². The van der Waals surface area contributed by atoms with Gasteiger partial charge in [0.1, 0.15) is 5.82 Å². The normalized spacial score (nSPS) is 12.6. The van der Waals surface area contributed by atoms with Crippen LogP contribution < -0.4 is 10.7 Å². The van der Waals surface area contributed by atoms with Crippen molar-refractivity contribution >= 4 is 24.3 Å². The Labute approximate surface area is 279 Å². The maximum Gasteiger partial charge on any atom is 0.258 e. The van der Waals surface area contributed by atoms with E-state index < -0.39 is 8.07 Å². The van der Waals surface area contributed by atoms with Gasteiger partial charge >= 0.3 is 0 Å². The van der Waals surface area contributed by atoms with Gasteiger partial charge in [-0.05, 0) is 74.2 Å². The summed E-state index contributed by atoms with van der Waals surface area (Å²) >= 11 is 0. The Morgan fingerprint density at radius 3 is 2.04 bits per heavy atom. The van der Waals surface area contributed by atoms with Crippen LogP contribution in [0.3, 0.4) is 0 Å². The summed E-state index contributed by atoms with van der Waals surface area (Å²) in [6.07, 6.45) is 3.93. The second-order valence-corrected chi connectivity index (χ2v) is 20.9. The van der Waals surface area contributed by atoms with Crippen molar-refractivity contribution in [2.45, 2.75) is 72.0 Å². The predicted octanol–water partition coefficient (Wildman–Crippen LogP) is 9.46. The van der Waals surface area contributed by atoms with Crippen LogP contribution in [0.5, 0.6) is 0 Å². The molecule has 0 saturated carbocycles. The minimum atomic E-state index is -1.67. The van der Waals surface area contributed by atoms with Gasteiger partial charge in [0, 0.05) is 30.6 Å². The maximum atomic E-state index is 13.1. The predicted molar refractivity (Wildman–Crippen MR) is 201 cm³/mol. The highest BCUT2D eigenvalue weighted by Crippen LogP contribution is 2.37. The van der Waals surface area contributed by atoms with Crippen molar-refractivity contribution in [2.75, 3.05) is 0 Å². The minimum Gasteiger partial charge on any atom is -0.328 e. The van der Waals surface area contributed by atoms with E-state index in [1.807, 2.05) is 23.9 Å². The second-order valence-electron chi connectivity index (χ2n) is 15.8. The van der Waals surface area contributed by atoms with Crippen LogP contribution in [-0.2, 0) is 17.9 Å². The van der Waals surface area contributed by atoms with E-state index in [9.17, 15) is 4.79 Å². The lowest BCUT2D eigenvalue weighted by molar-refractivity contribution is 0.587. The van der Waals surface area contributed by atoms with Gasteiger partial charge in [0.05, 0.1) is 30.4 Å². The van der Waals surface area contributed by atoms with Crippen LogP contribution in [0, 0.1) is 0 Å². The first-order valence-electron chi connectivity index (χ1n) is 16.4. The molecule has 0 fully saturated rings. The zero-order valence-electron chi connectivity index (χ0n) is 29.4. The molecule has 6 aromatic rings. The summed E-state index contributed by atoms with van der Waals surface area (Å²) in [6.45, 7) is 20.3. The number of hydrogen-bond acceptors (Lipinski definition) is 3. The fraction of sp³-hybridized carbons (Fsp3) is 0.293. The van der Waals surface area contributed by atoms with E-state index in [1.165, 1.54) is 21.9 Å². The molecular formula is C41H46N4OSi. The fourth-order valence-corrected chi connectivity index (χ4v) is 7.68. The quantitative estimate of drug-likeness (QED) is 0.191. The summed E-state index contributed by atoms with van der Waals surface area (Å²) < 4.78 is 2.03. The molecule has 0 atom stereocenters. The molecule has 3 aromatic heterocycles. The highest BCUT2D eigenvalue weighted by Gasteiger charge is 2.25. The Hall–Kier alpha value is -4.55.